The highest BCUT2D eigenvalue weighted by molar-refractivity contribution is 6.44. The highest BCUT2D eigenvalue weighted by atomic mass is 35.5. The molecule has 24 heavy (non-hydrogen) atoms. The molecule has 0 bridgehead atoms. The minimum absolute atomic E-state index is 0.0501. The van der Waals surface area contributed by atoms with Gasteiger partial charge in [-0.25, -0.2) is 0 Å². The number of carbonyl (C=O) groups excluding carboxylic acids is 2. The van der Waals surface area contributed by atoms with Gasteiger partial charge in [0.15, 0.2) is 0 Å². The highest BCUT2D eigenvalue weighted by Gasteiger charge is 2.17. The minimum atomic E-state index is -1.04. The van der Waals surface area contributed by atoms with Crippen molar-refractivity contribution in [1.82, 2.24) is 0 Å². The number of nitrogens with zero attached hydrogens (tertiary/aromatic N) is 2. The Morgan fingerprint density at radius 3 is 2.29 bits per heavy atom. The first kappa shape index (κ1) is 16.9. The third-order valence-electron chi connectivity index (χ3n) is 2.89. The molecule has 2 amide bonds. The van der Waals surface area contributed by atoms with Crippen LogP contribution < -0.4 is 10.6 Å². The lowest BCUT2D eigenvalue weighted by Gasteiger charge is -2.08. The van der Waals surface area contributed by atoms with Crippen molar-refractivity contribution in [2.24, 2.45) is 0 Å². The molecule has 120 valence electrons. The number of halogens is 1. The first-order valence-corrected chi connectivity index (χ1v) is 6.85. The predicted octanol–water partition coefficient (Wildman–Crippen LogP) is 2.70. The topological polar surface area (TPSA) is 125 Å². The number of nitro benzene ring substituents is 1. The van der Waals surface area contributed by atoms with Crippen LogP contribution in [0.15, 0.2) is 42.5 Å². The molecule has 0 aliphatic rings. The second-order valence-electron chi connectivity index (χ2n) is 4.52. The molecule has 9 heteroatoms. The molecule has 0 saturated carbocycles. The van der Waals surface area contributed by atoms with Gasteiger partial charge in [-0.2, -0.15) is 5.26 Å². The molecular formula is C15H9ClN4O4. The number of rotatable bonds is 3. The lowest BCUT2D eigenvalue weighted by atomic mass is 10.2. The molecule has 0 heterocycles. The maximum atomic E-state index is 11.9. The third-order valence-corrected chi connectivity index (χ3v) is 3.22. The van der Waals surface area contributed by atoms with E-state index in [1.807, 2.05) is 6.07 Å². The fourth-order valence-corrected chi connectivity index (χ4v) is 1.88. The second-order valence-corrected chi connectivity index (χ2v) is 4.93. The van der Waals surface area contributed by atoms with Gasteiger partial charge in [0.25, 0.3) is 5.69 Å². The van der Waals surface area contributed by atoms with Crippen LogP contribution in [0.3, 0.4) is 0 Å². The van der Waals surface area contributed by atoms with E-state index < -0.39 is 16.7 Å². The first-order valence-electron chi connectivity index (χ1n) is 6.47. The van der Waals surface area contributed by atoms with Gasteiger partial charge in [-0.05, 0) is 30.3 Å². The monoisotopic (exact) mass is 344 g/mol. The first-order chi connectivity index (χ1) is 11.4. The zero-order chi connectivity index (χ0) is 17.7. The van der Waals surface area contributed by atoms with Crippen LogP contribution in [-0.4, -0.2) is 16.7 Å². The number of hydrogen-bond acceptors (Lipinski definition) is 5. The summed E-state index contributed by atoms with van der Waals surface area (Å²) in [5.41, 5.74) is 0.396. The lowest BCUT2D eigenvalue weighted by Crippen LogP contribution is -2.29. The van der Waals surface area contributed by atoms with Crippen molar-refractivity contribution in [2.75, 3.05) is 10.6 Å². The molecule has 0 aliphatic heterocycles. The van der Waals surface area contributed by atoms with Crippen molar-refractivity contribution in [3.05, 3.63) is 63.2 Å². The van der Waals surface area contributed by atoms with Crippen LogP contribution in [0.1, 0.15) is 5.56 Å². The maximum absolute atomic E-state index is 11.9. The van der Waals surface area contributed by atoms with Crippen LogP contribution in [0.2, 0.25) is 5.02 Å². The summed E-state index contributed by atoms with van der Waals surface area (Å²) in [4.78, 5) is 33.8. The average Bonchev–Trinajstić information content (AvgIpc) is 2.57. The summed E-state index contributed by atoms with van der Waals surface area (Å²) in [7, 11) is 0. The number of anilines is 2. The van der Waals surface area contributed by atoms with Crippen LogP contribution in [0.4, 0.5) is 17.1 Å². The predicted molar refractivity (Wildman–Crippen MR) is 86.5 cm³/mol. The minimum Gasteiger partial charge on any atom is -0.318 e. The lowest BCUT2D eigenvalue weighted by molar-refractivity contribution is -0.384. The molecule has 0 unspecified atom stereocenters. The smallest absolute Gasteiger partial charge is 0.314 e. The van der Waals surface area contributed by atoms with Crippen molar-refractivity contribution >= 4 is 40.5 Å². The van der Waals surface area contributed by atoms with E-state index in [1.165, 1.54) is 36.4 Å². The van der Waals surface area contributed by atoms with Crippen LogP contribution in [0.25, 0.3) is 0 Å². The standard InChI is InChI=1S/C15H9ClN4O4/c16-12-6-5-11(20(23)24)7-13(12)19-15(22)14(21)18-10-3-1-9(8-17)2-4-10/h1-7H,(H,18,21)(H,19,22). The summed E-state index contributed by atoms with van der Waals surface area (Å²) in [6.45, 7) is 0. The number of nitriles is 1. The van der Waals surface area contributed by atoms with Gasteiger partial charge in [-0.1, -0.05) is 11.6 Å². The van der Waals surface area contributed by atoms with Crippen molar-refractivity contribution in [3.8, 4) is 6.07 Å². The van der Waals surface area contributed by atoms with E-state index in [-0.39, 0.29) is 16.4 Å². The summed E-state index contributed by atoms with van der Waals surface area (Å²) < 4.78 is 0. The van der Waals surface area contributed by atoms with Crippen molar-refractivity contribution in [2.45, 2.75) is 0 Å². The third kappa shape index (κ3) is 4.06. The van der Waals surface area contributed by atoms with Gasteiger partial charge in [0, 0.05) is 17.8 Å². The number of benzene rings is 2. The summed E-state index contributed by atoms with van der Waals surface area (Å²) >= 11 is 5.84. The van der Waals surface area contributed by atoms with Crippen molar-refractivity contribution in [3.63, 3.8) is 0 Å². The molecule has 2 N–H and O–H groups in total. The molecule has 0 aromatic heterocycles. The SMILES string of the molecule is N#Cc1ccc(NC(=O)C(=O)Nc2cc([N+](=O)[O-])ccc2Cl)cc1. The van der Waals surface area contributed by atoms with Gasteiger partial charge >= 0.3 is 11.8 Å². The molecule has 0 radical (unpaired) electrons. The number of hydrogen-bond donors (Lipinski definition) is 2. The van der Waals surface area contributed by atoms with E-state index in [9.17, 15) is 19.7 Å². The quantitative estimate of drug-likeness (QED) is 0.503. The zero-order valence-electron chi connectivity index (χ0n) is 11.9. The Hall–Kier alpha value is -3.44. The Morgan fingerprint density at radius 1 is 1.08 bits per heavy atom. The summed E-state index contributed by atoms with van der Waals surface area (Å²) in [6.07, 6.45) is 0. The van der Waals surface area contributed by atoms with Crippen LogP contribution >= 0.6 is 11.6 Å². The molecule has 8 nitrogen and oxygen atoms in total. The zero-order valence-corrected chi connectivity index (χ0v) is 12.7. The fourth-order valence-electron chi connectivity index (χ4n) is 1.72. The van der Waals surface area contributed by atoms with E-state index >= 15 is 0 Å². The Balaban J connectivity index is 2.08. The summed E-state index contributed by atoms with van der Waals surface area (Å²) in [6, 6.07) is 11.3. The largest absolute Gasteiger partial charge is 0.318 e. The normalized spacial score (nSPS) is 9.67. The Kier molecular flexibility index (Phi) is 5.09. The number of nitrogens with one attached hydrogen (secondary N) is 2. The molecule has 2 aromatic rings. The van der Waals surface area contributed by atoms with Gasteiger partial charge in [0.2, 0.25) is 0 Å². The summed E-state index contributed by atoms with van der Waals surface area (Å²) in [5, 5.41) is 24.0. The number of nitro groups is 1. The number of carbonyl (C=O) groups is 2. The van der Waals surface area contributed by atoms with Gasteiger partial charge in [0.05, 0.1) is 27.3 Å². The van der Waals surface area contributed by atoms with E-state index in [0.717, 1.165) is 6.07 Å². The summed E-state index contributed by atoms with van der Waals surface area (Å²) in [5.74, 6) is -2.02. The number of non-ortho nitro benzene ring substituents is 1. The van der Waals surface area contributed by atoms with Crippen LogP contribution in [-0.2, 0) is 9.59 Å². The molecule has 0 atom stereocenters. The molecule has 0 saturated heterocycles. The van der Waals surface area contributed by atoms with Crippen LogP contribution in [0.5, 0.6) is 0 Å². The Bertz CT molecular complexity index is 859. The van der Waals surface area contributed by atoms with E-state index in [2.05, 4.69) is 10.6 Å². The van der Waals surface area contributed by atoms with Crippen molar-refractivity contribution < 1.29 is 14.5 Å². The van der Waals surface area contributed by atoms with Crippen LogP contribution in [0, 0.1) is 21.4 Å². The van der Waals surface area contributed by atoms with E-state index in [1.54, 1.807) is 0 Å². The van der Waals surface area contributed by atoms with Gasteiger partial charge in [-0.3, -0.25) is 19.7 Å². The molecule has 0 spiro atoms. The molecule has 2 aromatic carbocycles. The molecular weight excluding hydrogens is 336 g/mol. The fraction of sp³-hybridized carbons (Fsp3) is 0. The van der Waals surface area contributed by atoms with Gasteiger partial charge in [-0.15, -0.1) is 0 Å². The second kappa shape index (κ2) is 7.21. The average molecular weight is 345 g/mol. The Morgan fingerprint density at radius 2 is 1.71 bits per heavy atom. The van der Waals surface area contributed by atoms with Gasteiger partial charge < -0.3 is 10.6 Å². The highest BCUT2D eigenvalue weighted by Crippen LogP contribution is 2.26. The molecule has 0 fully saturated rings. The molecule has 0 aliphatic carbocycles. The van der Waals surface area contributed by atoms with Gasteiger partial charge in [0.1, 0.15) is 0 Å². The molecule has 2 rings (SSSR count). The van der Waals surface area contributed by atoms with E-state index in [0.29, 0.717) is 11.3 Å². The Labute approximate surface area is 140 Å². The number of amides is 2. The maximum Gasteiger partial charge on any atom is 0.314 e. The van der Waals surface area contributed by atoms with E-state index in [4.69, 9.17) is 16.9 Å². The van der Waals surface area contributed by atoms with Crippen molar-refractivity contribution in [1.29, 1.82) is 5.26 Å².